The molecule has 0 fully saturated rings. The van der Waals surface area contributed by atoms with Gasteiger partial charge in [0.15, 0.2) is 0 Å². The van der Waals surface area contributed by atoms with E-state index < -0.39 is 0 Å². The van der Waals surface area contributed by atoms with Crippen LogP contribution in [0.15, 0.2) is 54.5 Å². The van der Waals surface area contributed by atoms with Gasteiger partial charge in [-0.1, -0.05) is 25.1 Å². The van der Waals surface area contributed by atoms with E-state index in [0.717, 1.165) is 12.0 Å². The van der Waals surface area contributed by atoms with E-state index in [9.17, 15) is 9.59 Å². The zero-order valence-electron chi connectivity index (χ0n) is 17.2. The summed E-state index contributed by atoms with van der Waals surface area (Å²) in [4.78, 5) is 33.9. The molecule has 0 radical (unpaired) electrons. The van der Waals surface area contributed by atoms with Crippen molar-refractivity contribution in [3.63, 3.8) is 0 Å². The molecular formula is C23H27N3O3. The number of benzene rings is 1. The highest BCUT2D eigenvalue weighted by Gasteiger charge is 2.41. The van der Waals surface area contributed by atoms with Crippen LogP contribution in [-0.4, -0.2) is 53.3 Å². The molecular weight excluding hydrogens is 366 g/mol. The maximum absolute atomic E-state index is 13.3. The van der Waals surface area contributed by atoms with Gasteiger partial charge >= 0.3 is 0 Å². The highest BCUT2D eigenvalue weighted by Crippen LogP contribution is 2.36. The second-order valence-electron chi connectivity index (χ2n) is 6.87. The predicted molar refractivity (Wildman–Crippen MR) is 112 cm³/mol. The van der Waals surface area contributed by atoms with Crippen LogP contribution in [0.1, 0.15) is 31.4 Å². The number of aromatic nitrogens is 1. The van der Waals surface area contributed by atoms with Gasteiger partial charge in [-0.15, -0.1) is 0 Å². The van der Waals surface area contributed by atoms with E-state index in [0.29, 0.717) is 48.6 Å². The summed E-state index contributed by atoms with van der Waals surface area (Å²) < 4.78 is 5.49. The Hall–Kier alpha value is -3.15. The Balaban J connectivity index is 2.03. The van der Waals surface area contributed by atoms with Crippen LogP contribution >= 0.6 is 0 Å². The fourth-order valence-electron chi connectivity index (χ4n) is 3.62. The molecule has 1 aliphatic heterocycles. The monoisotopic (exact) mass is 393 g/mol. The lowest BCUT2D eigenvalue weighted by molar-refractivity contribution is -0.137. The lowest BCUT2D eigenvalue weighted by Crippen LogP contribution is -2.36. The van der Waals surface area contributed by atoms with Gasteiger partial charge < -0.3 is 9.64 Å². The molecule has 0 saturated heterocycles. The van der Waals surface area contributed by atoms with E-state index in [1.807, 2.05) is 55.1 Å². The lowest BCUT2D eigenvalue weighted by atomic mass is 10.0. The molecule has 0 aliphatic carbocycles. The van der Waals surface area contributed by atoms with E-state index in [1.54, 1.807) is 19.5 Å². The van der Waals surface area contributed by atoms with Crippen LogP contribution in [0.25, 0.3) is 5.57 Å². The van der Waals surface area contributed by atoms with Gasteiger partial charge in [0.25, 0.3) is 11.8 Å². The van der Waals surface area contributed by atoms with Crippen LogP contribution in [0.3, 0.4) is 0 Å². The maximum Gasteiger partial charge on any atom is 0.277 e. The van der Waals surface area contributed by atoms with Gasteiger partial charge in [0.1, 0.15) is 11.4 Å². The minimum absolute atomic E-state index is 0.227. The first-order valence-electron chi connectivity index (χ1n) is 10.00. The van der Waals surface area contributed by atoms with Crippen LogP contribution in [0.2, 0.25) is 0 Å². The summed E-state index contributed by atoms with van der Waals surface area (Å²) in [6.45, 7) is 5.62. The third kappa shape index (κ3) is 4.16. The van der Waals surface area contributed by atoms with E-state index in [1.165, 1.54) is 4.90 Å². The van der Waals surface area contributed by atoms with E-state index in [4.69, 9.17) is 4.74 Å². The Kier molecular flexibility index (Phi) is 6.65. The number of hydrogen-bond acceptors (Lipinski definition) is 5. The van der Waals surface area contributed by atoms with Gasteiger partial charge in [0.05, 0.1) is 12.7 Å². The Morgan fingerprint density at radius 3 is 2.41 bits per heavy atom. The minimum atomic E-state index is -0.251. The van der Waals surface area contributed by atoms with Crippen LogP contribution in [0.5, 0.6) is 5.75 Å². The molecule has 2 amide bonds. The Morgan fingerprint density at radius 1 is 1.03 bits per heavy atom. The topological polar surface area (TPSA) is 62.7 Å². The summed E-state index contributed by atoms with van der Waals surface area (Å²) in [5.41, 5.74) is 2.69. The predicted octanol–water partition coefficient (Wildman–Crippen LogP) is 3.14. The number of amides is 2. The molecule has 152 valence electrons. The SMILES string of the molecule is CCCN1C(=O)C(c2ccccc2OC)=C(N(CC)CCc2ccncc2)C1=O. The average molecular weight is 393 g/mol. The zero-order chi connectivity index (χ0) is 20.8. The highest BCUT2D eigenvalue weighted by atomic mass is 16.5. The maximum atomic E-state index is 13.3. The number of imide groups is 1. The molecule has 0 N–H and O–H groups in total. The molecule has 0 unspecified atom stereocenters. The van der Waals surface area contributed by atoms with Crippen molar-refractivity contribution in [2.45, 2.75) is 26.7 Å². The third-order valence-electron chi connectivity index (χ3n) is 5.08. The molecule has 1 aromatic heterocycles. The normalized spacial score (nSPS) is 14.0. The number of nitrogens with zero attached hydrogens (tertiary/aromatic N) is 3. The summed E-state index contributed by atoms with van der Waals surface area (Å²) >= 11 is 0. The second kappa shape index (κ2) is 9.37. The molecule has 6 nitrogen and oxygen atoms in total. The summed E-state index contributed by atoms with van der Waals surface area (Å²) in [5.74, 6) is 0.109. The number of hydrogen-bond donors (Lipinski definition) is 0. The molecule has 0 bridgehead atoms. The number of likely N-dealkylation sites (N-methyl/N-ethyl adjacent to an activating group) is 1. The Labute approximate surface area is 171 Å². The van der Waals surface area contributed by atoms with Crippen molar-refractivity contribution in [3.8, 4) is 5.75 Å². The van der Waals surface area contributed by atoms with Crippen molar-refractivity contribution in [1.82, 2.24) is 14.8 Å². The van der Waals surface area contributed by atoms with Crippen molar-refractivity contribution in [2.75, 3.05) is 26.7 Å². The molecule has 1 aliphatic rings. The van der Waals surface area contributed by atoms with Crippen molar-refractivity contribution >= 4 is 17.4 Å². The second-order valence-corrected chi connectivity index (χ2v) is 6.87. The van der Waals surface area contributed by atoms with Crippen molar-refractivity contribution in [3.05, 3.63) is 65.6 Å². The highest BCUT2D eigenvalue weighted by molar-refractivity contribution is 6.36. The fraction of sp³-hybridized carbons (Fsp3) is 0.348. The number of carbonyl (C=O) groups excluding carboxylic acids is 2. The summed E-state index contributed by atoms with van der Waals surface area (Å²) in [6, 6.07) is 11.3. The molecule has 1 aromatic carbocycles. The van der Waals surface area contributed by atoms with E-state index >= 15 is 0 Å². The molecule has 29 heavy (non-hydrogen) atoms. The third-order valence-corrected chi connectivity index (χ3v) is 5.08. The molecule has 0 saturated carbocycles. The molecule has 2 aromatic rings. The van der Waals surface area contributed by atoms with Gasteiger partial charge in [-0.25, -0.2) is 0 Å². The van der Waals surface area contributed by atoms with Crippen LogP contribution < -0.4 is 4.74 Å². The van der Waals surface area contributed by atoms with Crippen molar-refractivity contribution in [1.29, 1.82) is 0 Å². The molecule has 0 spiro atoms. The quantitative estimate of drug-likeness (QED) is 0.613. The van der Waals surface area contributed by atoms with Gasteiger partial charge in [-0.05, 0) is 43.5 Å². The number of para-hydroxylation sites is 1. The van der Waals surface area contributed by atoms with Crippen molar-refractivity contribution < 1.29 is 14.3 Å². The van der Waals surface area contributed by atoms with Crippen LogP contribution in [0, 0.1) is 0 Å². The summed E-state index contributed by atoms with van der Waals surface area (Å²) in [7, 11) is 1.57. The van der Waals surface area contributed by atoms with Gasteiger partial charge in [-0.2, -0.15) is 0 Å². The average Bonchev–Trinajstić information content (AvgIpc) is 3.00. The van der Waals surface area contributed by atoms with E-state index in [-0.39, 0.29) is 11.8 Å². The summed E-state index contributed by atoms with van der Waals surface area (Å²) in [5, 5.41) is 0. The molecule has 0 atom stereocenters. The van der Waals surface area contributed by atoms with Gasteiger partial charge in [0, 0.05) is 37.6 Å². The fourth-order valence-corrected chi connectivity index (χ4v) is 3.62. The van der Waals surface area contributed by atoms with Crippen LogP contribution in [0.4, 0.5) is 0 Å². The largest absolute Gasteiger partial charge is 0.496 e. The lowest BCUT2D eigenvalue weighted by Gasteiger charge is -2.25. The number of methoxy groups -OCH3 is 1. The Morgan fingerprint density at radius 2 is 1.76 bits per heavy atom. The zero-order valence-corrected chi connectivity index (χ0v) is 17.2. The molecule has 2 heterocycles. The van der Waals surface area contributed by atoms with Gasteiger partial charge in [0.2, 0.25) is 0 Å². The first-order valence-corrected chi connectivity index (χ1v) is 10.00. The molecule has 3 rings (SSSR count). The number of pyridine rings is 1. The number of carbonyl (C=O) groups is 2. The first kappa shape index (κ1) is 20.6. The van der Waals surface area contributed by atoms with E-state index in [2.05, 4.69) is 4.98 Å². The first-order chi connectivity index (χ1) is 14.1. The number of rotatable bonds is 9. The smallest absolute Gasteiger partial charge is 0.277 e. The minimum Gasteiger partial charge on any atom is -0.496 e. The van der Waals surface area contributed by atoms with Crippen molar-refractivity contribution in [2.24, 2.45) is 0 Å². The van der Waals surface area contributed by atoms with Gasteiger partial charge in [-0.3, -0.25) is 19.5 Å². The Bertz CT molecular complexity index is 909. The standard InChI is InChI=1S/C23H27N3O3/c1-4-15-26-22(27)20(18-8-6-7-9-19(18)29-3)21(23(26)28)25(5-2)16-12-17-10-13-24-14-11-17/h6-11,13-14H,4-5,12,15-16H2,1-3H3. The number of ether oxygens (including phenoxy) is 1. The summed E-state index contributed by atoms with van der Waals surface area (Å²) in [6.07, 6.45) is 5.00. The van der Waals surface area contributed by atoms with Crippen LogP contribution in [-0.2, 0) is 16.0 Å². The molecule has 6 heteroatoms.